The zero-order chi connectivity index (χ0) is 24.1. The second kappa shape index (κ2) is 10.4. The fourth-order valence-corrected chi connectivity index (χ4v) is 4.12. The van der Waals surface area contributed by atoms with Crippen molar-refractivity contribution in [1.82, 2.24) is 4.90 Å². The molecule has 9 nitrogen and oxygen atoms in total. The van der Waals surface area contributed by atoms with Gasteiger partial charge in [-0.05, 0) is 36.4 Å². The highest BCUT2D eigenvalue weighted by Gasteiger charge is 2.32. The van der Waals surface area contributed by atoms with Gasteiger partial charge in [-0.15, -0.1) is 0 Å². The number of methoxy groups -OCH3 is 2. The first kappa shape index (κ1) is 23.3. The van der Waals surface area contributed by atoms with Crippen LogP contribution in [0.3, 0.4) is 0 Å². The van der Waals surface area contributed by atoms with E-state index in [2.05, 4.69) is 4.90 Å². The summed E-state index contributed by atoms with van der Waals surface area (Å²) in [6.45, 7) is 2.76. The molecule has 0 radical (unpaired) electrons. The fraction of sp³-hybridized carbons (Fsp3) is 0.320. The number of hydrogen-bond donors (Lipinski definition) is 0. The van der Waals surface area contributed by atoms with Crippen LogP contribution >= 0.6 is 0 Å². The van der Waals surface area contributed by atoms with Crippen molar-refractivity contribution in [2.45, 2.75) is 0 Å². The number of carbonyl (C=O) groups is 3. The summed E-state index contributed by atoms with van der Waals surface area (Å²) < 4.78 is 15.2. The lowest BCUT2D eigenvalue weighted by molar-refractivity contribution is -0.140. The summed E-state index contributed by atoms with van der Waals surface area (Å²) in [4.78, 5) is 43.0. The van der Waals surface area contributed by atoms with Gasteiger partial charge >= 0.3 is 11.9 Å². The van der Waals surface area contributed by atoms with Gasteiger partial charge in [-0.2, -0.15) is 0 Å². The smallest absolute Gasteiger partial charge is 0.355 e. The molecule has 1 fully saturated rings. The van der Waals surface area contributed by atoms with Gasteiger partial charge in [-0.1, -0.05) is 18.2 Å². The third-order valence-corrected chi connectivity index (χ3v) is 5.95. The average Bonchev–Trinajstić information content (AvgIpc) is 2.92. The van der Waals surface area contributed by atoms with Gasteiger partial charge in [0.1, 0.15) is 12.4 Å². The predicted molar refractivity (Wildman–Crippen MR) is 125 cm³/mol. The molecule has 34 heavy (non-hydrogen) atoms. The van der Waals surface area contributed by atoms with E-state index in [0.29, 0.717) is 37.4 Å². The number of piperazine rings is 1. The average molecular weight is 466 g/mol. The summed E-state index contributed by atoms with van der Waals surface area (Å²) >= 11 is 0. The summed E-state index contributed by atoms with van der Waals surface area (Å²) in [7, 11) is 2.52. The molecule has 0 atom stereocenters. The van der Waals surface area contributed by atoms with Gasteiger partial charge in [0, 0.05) is 43.1 Å². The van der Waals surface area contributed by atoms with Crippen molar-refractivity contribution >= 4 is 29.2 Å². The van der Waals surface area contributed by atoms with E-state index in [0.717, 1.165) is 5.69 Å². The van der Waals surface area contributed by atoms with Gasteiger partial charge in [0.2, 0.25) is 0 Å². The maximum absolute atomic E-state index is 12.7. The largest absolute Gasteiger partial charge is 0.466 e. The Hall–Kier alpha value is -3.85. The maximum atomic E-state index is 12.7. The van der Waals surface area contributed by atoms with Crippen LogP contribution in [0, 0.1) is 0 Å². The van der Waals surface area contributed by atoms with Crippen molar-refractivity contribution in [3.63, 3.8) is 0 Å². The number of anilines is 2. The normalized spacial score (nSPS) is 16.4. The van der Waals surface area contributed by atoms with Crippen molar-refractivity contribution in [3.05, 3.63) is 71.4 Å². The molecule has 0 N–H and O–H groups in total. The predicted octanol–water partition coefficient (Wildman–Crippen LogP) is 2.04. The van der Waals surface area contributed by atoms with Gasteiger partial charge in [-0.3, -0.25) is 4.79 Å². The molecule has 2 aliphatic rings. The quantitative estimate of drug-likeness (QED) is 0.620. The highest BCUT2D eigenvalue weighted by molar-refractivity contribution is 6.03. The van der Waals surface area contributed by atoms with Crippen molar-refractivity contribution in [3.8, 4) is 0 Å². The van der Waals surface area contributed by atoms with E-state index in [1.54, 1.807) is 4.90 Å². The molecule has 1 saturated heterocycles. The number of rotatable bonds is 5. The Morgan fingerprint density at radius 1 is 0.794 bits per heavy atom. The monoisotopic (exact) mass is 465 g/mol. The number of amides is 1. The number of ether oxygens (including phenoxy) is 3. The minimum absolute atomic E-state index is 0.0301. The molecular formula is C25H27N3O6. The van der Waals surface area contributed by atoms with Crippen LogP contribution < -0.4 is 9.80 Å². The molecule has 178 valence electrons. The van der Waals surface area contributed by atoms with E-state index in [1.165, 1.54) is 14.2 Å². The molecule has 2 heterocycles. The minimum Gasteiger partial charge on any atom is -0.466 e. The van der Waals surface area contributed by atoms with E-state index >= 15 is 0 Å². The zero-order valence-corrected chi connectivity index (χ0v) is 19.2. The number of hydrogen-bond acceptors (Lipinski definition) is 8. The molecule has 0 bridgehead atoms. The second-order valence-corrected chi connectivity index (χ2v) is 7.88. The van der Waals surface area contributed by atoms with Crippen LogP contribution in [-0.4, -0.2) is 76.5 Å². The fourth-order valence-electron chi connectivity index (χ4n) is 4.12. The van der Waals surface area contributed by atoms with Crippen molar-refractivity contribution < 1.29 is 28.6 Å². The minimum atomic E-state index is -0.635. The first-order valence-electron chi connectivity index (χ1n) is 11.0. The molecular weight excluding hydrogens is 438 g/mol. The summed E-state index contributed by atoms with van der Waals surface area (Å²) in [5.41, 5.74) is 2.61. The topological polar surface area (TPSA) is 88.6 Å². The van der Waals surface area contributed by atoms with Gasteiger partial charge in [0.25, 0.3) is 5.91 Å². The molecule has 9 heteroatoms. The summed E-state index contributed by atoms with van der Waals surface area (Å²) in [5, 5.41) is 0. The van der Waals surface area contributed by atoms with Crippen LogP contribution in [0.4, 0.5) is 11.4 Å². The lowest BCUT2D eigenvalue weighted by Crippen LogP contribution is -2.48. The first-order chi connectivity index (χ1) is 16.5. The lowest BCUT2D eigenvalue weighted by atomic mass is 10.1. The Labute approximate surface area is 198 Å². The van der Waals surface area contributed by atoms with Crippen LogP contribution in [0.25, 0.3) is 0 Å². The summed E-state index contributed by atoms with van der Waals surface area (Å²) in [6, 6.07) is 16.9. The molecule has 0 aliphatic carbocycles. The third kappa shape index (κ3) is 4.74. The van der Waals surface area contributed by atoms with Crippen molar-refractivity contribution in [2.75, 3.05) is 63.5 Å². The van der Waals surface area contributed by atoms with Gasteiger partial charge in [-0.25, -0.2) is 9.59 Å². The highest BCUT2D eigenvalue weighted by Crippen LogP contribution is 2.29. The zero-order valence-electron chi connectivity index (χ0n) is 19.2. The van der Waals surface area contributed by atoms with Gasteiger partial charge < -0.3 is 28.9 Å². The number of benzene rings is 2. The van der Waals surface area contributed by atoms with E-state index in [1.807, 2.05) is 59.5 Å². The molecule has 2 aromatic rings. The maximum Gasteiger partial charge on any atom is 0.355 e. The standard InChI is InChI=1S/C25H27N3O6/c1-32-24(30)21-16-34-17-28(22(21)25(31)33-2)20-10-8-19(9-11-20)26-12-14-27(15-13-26)23(29)18-6-4-3-5-7-18/h3-11H,12-17H2,1-2H3. The Kier molecular flexibility index (Phi) is 7.12. The van der Waals surface area contributed by atoms with Crippen LogP contribution in [0.1, 0.15) is 10.4 Å². The first-order valence-corrected chi connectivity index (χ1v) is 11.0. The Morgan fingerprint density at radius 2 is 1.41 bits per heavy atom. The third-order valence-electron chi connectivity index (χ3n) is 5.95. The van der Waals surface area contributed by atoms with E-state index < -0.39 is 11.9 Å². The summed E-state index contributed by atoms with van der Waals surface area (Å²) in [5.74, 6) is -1.22. The number of esters is 2. The van der Waals surface area contributed by atoms with Crippen LogP contribution in [0.2, 0.25) is 0 Å². The van der Waals surface area contributed by atoms with Gasteiger partial charge in [0.05, 0.1) is 26.4 Å². The molecule has 2 aromatic carbocycles. The van der Waals surface area contributed by atoms with E-state index in [-0.39, 0.29) is 30.5 Å². The SMILES string of the molecule is COC(=O)C1=C(C(=O)OC)N(c2ccc(N3CCN(C(=O)c4ccccc4)CC3)cc2)COC1. The van der Waals surface area contributed by atoms with Crippen molar-refractivity contribution in [2.24, 2.45) is 0 Å². The molecule has 0 unspecified atom stereocenters. The van der Waals surface area contributed by atoms with Crippen LogP contribution in [0.15, 0.2) is 65.9 Å². The van der Waals surface area contributed by atoms with Crippen LogP contribution in [-0.2, 0) is 23.8 Å². The van der Waals surface area contributed by atoms with Crippen LogP contribution in [0.5, 0.6) is 0 Å². The van der Waals surface area contributed by atoms with Gasteiger partial charge in [0.15, 0.2) is 0 Å². The molecule has 0 saturated carbocycles. The van der Waals surface area contributed by atoms with E-state index in [4.69, 9.17) is 14.2 Å². The molecule has 4 rings (SSSR count). The highest BCUT2D eigenvalue weighted by atomic mass is 16.5. The molecule has 1 amide bonds. The number of carbonyl (C=O) groups excluding carboxylic acids is 3. The van der Waals surface area contributed by atoms with E-state index in [9.17, 15) is 14.4 Å². The number of nitrogens with zero attached hydrogens (tertiary/aromatic N) is 3. The molecule has 2 aliphatic heterocycles. The van der Waals surface area contributed by atoms with Crippen molar-refractivity contribution in [1.29, 1.82) is 0 Å². The Balaban J connectivity index is 1.46. The molecule has 0 aromatic heterocycles. The Morgan fingerprint density at radius 3 is 2.03 bits per heavy atom. The second-order valence-electron chi connectivity index (χ2n) is 7.88. The summed E-state index contributed by atoms with van der Waals surface area (Å²) in [6.07, 6.45) is 0. The molecule has 0 spiro atoms. The lowest BCUT2D eigenvalue weighted by Gasteiger charge is -2.36. The Bertz CT molecular complexity index is 1080.